The van der Waals surface area contributed by atoms with Crippen LogP contribution in [0, 0.1) is 17.7 Å². The number of hydrogen-bond donors (Lipinski definition) is 1. The Kier molecular flexibility index (Phi) is 7.59. The summed E-state index contributed by atoms with van der Waals surface area (Å²) >= 11 is 5.82. The molecule has 0 saturated carbocycles. The van der Waals surface area contributed by atoms with E-state index in [0.29, 0.717) is 19.6 Å². The van der Waals surface area contributed by atoms with E-state index in [1.54, 1.807) is 33.1 Å². The van der Waals surface area contributed by atoms with Crippen LogP contribution >= 0.6 is 11.6 Å². The quantitative estimate of drug-likeness (QED) is 0.765. The highest BCUT2D eigenvalue weighted by Crippen LogP contribution is 2.35. The highest BCUT2D eigenvalue weighted by molar-refractivity contribution is 6.30. The molecule has 1 aromatic carbocycles. The molecule has 0 aromatic heterocycles. The molecule has 0 aliphatic carbocycles. The summed E-state index contributed by atoms with van der Waals surface area (Å²) in [6, 6.07) is 4.80. The minimum absolute atomic E-state index is 0.0552. The maximum absolute atomic E-state index is 13.9. The lowest BCUT2D eigenvalue weighted by Crippen LogP contribution is -2.40. The van der Waals surface area contributed by atoms with Crippen molar-refractivity contribution < 1.29 is 18.7 Å². The van der Waals surface area contributed by atoms with Gasteiger partial charge in [-0.3, -0.25) is 4.79 Å². The topological polar surface area (TPSA) is 47.6 Å². The highest BCUT2D eigenvalue weighted by Gasteiger charge is 2.36. The zero-order valence-electron chi connectivity index (χ0n) is 16.0. The SMILES string of the molecule is CCC(CC1CNCCOC1c1ccc(Cl)c(F)c1)C(=O)C(C)(C)OC. The number of carbonyl (C=O) groups is 1. The van der Waals surface area contributed by atoms with Gasteiger partial charge in [0.2, 0.25) is 0 Å². The van der Waals surface area contributed by atoms with Crippen LogP contribution in [0.25, 0.3) is 0 Å². The predicted molar refractivity (Wildman–Crippen MR) is 101 cm³/mol. The molecule has 1 fully saturated rings. The van der Waals surface area contributed by atoms with Crippen LogP contribution in [-0.2, 0) is 14.3 Å². The zero-order valence-corrected chi connectivity index (χ0v) is 16.7. The highest BCUT2D eigenvalue weighted by atomic mass is 35.5. The summed E-state index contributed by atoms with van der Waals surface area (Å²) in [6.07, 6.45) is 1.11. The minimum atomic E-state index is -0.818. The average molecular weight is 386 g/mol. The van der Waals surface area contributed by atoms with Gasteiger partial charge in [-0.15, -0.1) is 0 Å². The van der Waals surface area contributed by atoms with Crippen molar-refractivity contribution >= 4 is 17.4 Å². The number of rotatable bonds is 7. The number of ether oxygens (including phenoxy) is 2. The fourth-order valence-electron chi connectivity index (χ4n) is 3.47. The Hall–Kier alpha value is -1.01. The van der Waals surface area contributed by atoms with E-state index >= 15 is 0 Å². The standard InChI is InChI=1S/C20H29ClFNO3/c1-5-13(19(24)20(2,3)25-4)10-15-12-23-8-9-26-18(15)14-6-7-16(21)17(22)11-14/h6-7,11,13,15,18,23H,5,8-10,12H2,1-4H3. The Balaban J connectivity index is 2.24. The molecular formula is C20H29ClFNO3. The lowest BCUT2D eigenvalue weighted by atomic mass is 9.80. The van der Waals surface area contributed by atoms with Gasteiger partial charge in [-0.05, 0) is 44.4 Å². The van der Waals surface area contributed by atoms with Gasteiger partial charge in [-0.2, -0.15) is 0 Å². The predicted octanol–water partition coefficient (Wildman–Crippen LogP) is 4.17. The maximum Gasteiger partial charge on any atom is 0.167 e. The summed E-state index contributed by atoms with van der Waals surface area (Å²) in [5.41, 5.74) is -0.0596. The first-order valence-corrected chi connectivity index (χ1v) is 9.54. The van der Waals surface area contributed by atoms with Crippen molar-refractivity contribution in [2.75, 3.05) is 26.8 Å². The van der Waals surface area contributed by atoms with Gasteiger partial charge in [0.15, 0.2) is 5.78 Å². The first-order valence-electron chi connectivity index (χ1n) is 9.16. The van der Waals surface area contributed by atoms with Gasteiger partial charge in [0.05, 0.1) is 17.7 Å². The summed E-state index contributed by atoms with van der Waals surface area (Å²) in [5, 5.41) is 3.45. The number of carbonyl (C=O) groups excluding carboxylic acids is 1. The largest absolute Gasteiger partial charge is 0.372 e. The minimum Gasteiger partial charge on any atom is -0.372 e. The molecule has 1 N–H and O–H groups in total. The van der Waals surface area contributed by atoms with Crippen LogP contribution in [-0.4, -0.2) is 38.2 Å². The number of Topliss-reactive ketones (excluding diaryl/α,β-unsaturated/α-hetero) is 1. The first kappa shape index (κ1) is 21.3. The monoisotopic (exact) mass is 385 g/mol. The molecule has 6 heteroatoms. The third-order valence-corrected chi connectivity index (χ3v) is 5.54. The molecule has 1 aromatic rings. The lowest BCUT2D eigenvalue weighted by molar-refractivity contribution is -0.142. The van der Waals surface area contributed by atoms with Gasteiger partial charge < -0.3 is 14.8 Å². The average Bonchev–Trinajstić information content (AvgIpc) is 2.86. The number of benzene rings is 1. The first-order chi connectivity index (χ1) is 12.3. The second kappa shape index (κ2) is 9.27. The summed E-state index contributed by atoms with van der Waals surface area (Å²) in [4.78, 5) is 12.9. The van der Waals surface area contributed by atoms with E-state index in [4.69, 9.17) is 21.1 Å². The molecule has 4 nitrogen and oxygen atoms in total. The second-order valence-corrected chi connectivity index (χ2v) is 7.76. The van der Waals surface area contributed by atoms with Crippen LogP contribution in [0.1, 0.15) is 45.3 Å². The number of hydrogen-bond acceptors (Lipinski definition) is 4. The molecule has 2 rings (SSSR count). The normalized spacial score (nSPS) is 22.7. The molecule has 0 bridgehead atoms. The van der Waals surface area contributed by atoms with E-state index in [2.05, 4.69) is 5.32 Å². The lowest BCUT2D eigenvalue weighted by Gasteiger charge is -2.31. The van der Waals surface area contributed by atoms with Gasteiger partial charge in [-0.25, -0.2) is 4.39 Å². The fraction of sp³-hybridized carbons (Fsp3) is 0.650. The van der Waals surface area contributed by atoms with Crippen molar-refractivity contribution in [2.45, 2.75) is 45.3 Å². The van der Waals surface area contributed by atoms with Gasteiger partial charge in [-0.1, -0.05) is 24.6 Å². The molecule has 1 heterocycles. The van der Waals surface area contributed by atoms with E-state index in [1.165, 1.54) is 6.07 Å². The molecule has 1 saturated heterocycles. The van der Waals surface area contributed by atoms with E-state index in [0.717, 1.165) is 18.5 Å². The Morgan fingerprint density at radius 1 is 1.50 bits per heavy atom. The Morgan fingerprint density at radius 2 is 2.23 bits per heavy atom. The van der Waals surface area contributed by atoms with Crippen LogP contribution in [0.3, 0.4) is 0 Å². The summed E-state index contributed by atoms with van der Waals surface area (Å²) < 4.78 is 25.3. The third-order valence-electron chi connectivity index (χ3n) is 5.24. The van der Waals surface area contributed by atoms with Gasteiger partial charge in [0.1, 0.15) is 11.4 Å². The van der Waals surface area contributed by atoms with E-state index in [-0.39, 0.29) is 28.7 Å². The van der Waals surface area contributed by atoms with Crippen molar-refractivity contribution in [3.05, 3.63) is 34.6 Å². The number of halogens is 2. The maximum atomic E-state index is 13.9. The molecule has 3 atom stereocenters. The van der Waals surface area contributed by atoms with E-state index in [9.17, 15) is 9.18 Å². The molecule has 0 amide bonds. The summed E-state index contributed by atoms with van der Waals surface area (Å²) in [6.45, 7) is 7.59. The molecule has 1 aliphatic rings. The van der Waals surface area contributed by atoms with Crippen LogP contribution in [0.4, 0.5) is 4.39 Å². The summed E-state index contributed by atoms with van der Waals surface area (Å²) in [5.74, 6) is -0.446. The van der Waals surface area contributed by atoms with Crippen LogP contribution in [0.15, 0.2) is 18.2 Å². The molecule has 3 unspecified atom stereocenters. The van der Waals surface area contributed by atoms with E-state index < -0.39 is 11.4 Å². The molecule has 26 heavy (non-hydrogen) atoms. The Labute approximate surface area is 160 Å². The number of ketones is 1. The van der Waals surface area contributed by atoms with Crippen molar-refractivity contribution in [1.29, 1.82) is 0 Å². The molecule has 0 spiro atoms. The Morgan fingerprint density at radius 3 is 2.85 bits per heavy atom. The smallest absolute Gasteiger partial charge is 0.167 e. The van der Waals surface area contributed by atoms with Crippen molar-refractivity contribution in [3.63, 3.8) is 0 Å². The second-order valence-electron chi connectivity index (χ2n) is 7.35. The van der Waals surface area contributed by atoms with Gasteiger partial charge in [0, 0.05) is 32.0 Å². The van der Waals surface area contributed by atoms with Crippen LogP contribution in [0.2, 0.25) is 5.02 Å². The zero-order chi connectivity index (χ0) is 19.3. The third kappa shape index (κ3) is 5.03. The number of methoxy groups -OCH3 is 1. The van der Waals surface area contributed by atoms with E-state index in [1.807, 2.05) is 6.92 Å². The van der Waals surface area contributed by atoms with Crippen LogP contribution < -0.4 is 5.32 Å². The molecule has 0 radical (unpaired) electrons. The molecule has 1 aliphatic heterocycles. The van der Waals surface area contributed by atoms with Crippen molar-refractivity contribution in [3.8, 4) is 0 Å². The van der Waals surface area contributed by atoms with Gasteiger partial charge >= 0.3 is 0 Å². The summed E-state index contributed by atoms with van der Waals surface area (Å²) in [7, 11) is 1.56. The fourth-order valence-corrected chi connectivity index (χ4v) is 3.59. The Bertz CT molecular complexity index is 623. The molecule has 146 valence electrons. The van der Waals surface area contributed by atoms with Crippen molar-refractivity contribution in [1.82, 2.24) is 5.32 Å². The van der Waals surface area contributed by atoms with Gasteiger partial charge in [0.25, 0.3) is 0 Å². The number of nitrogens with one attached hydrogen (secondary N) is 1. The van der Waals surface area contributed by atoms with Crippen molar-refractivity contribution in [2.24, 2.45) is 11.8 Å². The van der Waals surface area contributed by atoms with Crippen LogP contribution in [0.5, 0.6) is 0 Å². The molecular weight excluding hydrogens is 357 g/mol.